The van der Waals surface area contributed by atoms with Crippen LogP contribution in [0.1, 0.15) is 44.7 Å². The first kappa shape index (κ1) is 14.4. The van der Waals surface area contributed by atoms with E-state index < -0.39 is 0 Å². The van der Waals surface area contributed by atoms with Gasteiger partial charge in [-0.25, -0.2) is 0 Å². The Labute approximate surface area is 117 Å². The number of aryl methyl sites for hydroxylation is 2. The van der Waals surface area contributed by atoms with E-state index in [2.05, 4.69) is 50.8 Å². The monoisotopic (exact) mass is 261 g/mol. The van der Waals surface area contributed by atoms with E-state index in [1.165, 1.54) is 16.8 Å². The van der Waals surface area contributed by atoms with Gasteiger partial charge in [0.1, 0.15) is 0 Å². The van der Waals surface area contributed by atoms with Crippen LogP contribution < -0.4 is 4.90 Å². The summed E-state index contributed by atoms with van der Waals surface area (Å²) in [6, 6.07) is 6.62. The molecule has 1 atom stereocenters. The molecular weight excluding hydrogens is 234 g/mol. The van der Waals surface area contributed by atoms with Gasteiger partial charge in [0.15, 0.2) is 0 Å². The quantitative estimate of drug-likeness (QED) is 0.899. The highest BCUT2D eigenvalue weighted by atomic mass is 16.3. The van der Waals surface area contributed by atoms with Crippen LogP contribution in [0.5, 0.6) is 0 Å². The highest BCUT2D eigenvalue weighted by Gasteiger charge is 2.35. The van der Waals surface area contributed by atoms with Crippen LogP contribution in [0.3, 0.4) is 0 Å². The zero-order valence-corrected chi connectivity index (χ0v) is 12.7. The van der Waals surface area contributed by atoms with Crippen molar-refractivity contribution < 1.29 is 5.11 Å². The summed E-state index contributed by atoms with van der Waals surface area (Å²) < 4.78 is 0. The number of hydrogen-bond acceptors (Lipinski definition) is 2. The number of aliphatic hydroxyl groups excluding tert-OH is 1. The molecule has 0 saturated carbocycles. The number of para-hydroxylation sites is 1. The van der Waals surface area contributed by atoms with Gasteiger partial charge in [-0.3, -0.25) is 0 Å². The molecule has 2 heteroatoms. The maximum atomic E-state index is 9.42. The van der Waals surface area contributed by atoms with Gasteiger partial charge in [0.2, 0.25) is 0 Å². The molecule has 19 heavy (non-hydrogen) atoms. The van der Waals surface area contributed by atoms with Gasteiger partial charge in [0.05, 0.1) is 0 Å². The average molecular weight is 261 g/mol. The molecular formula is C17H27NO. The number of piperidine rings is 1. The summed E-state index contributed by atoms with van der Waals surface area (Å²) in [5.74, 6) is 0.459. The lowest BCUT2D eigenvalue weighted by Crippen LogP contribution is -2.51. The molecule has 0 radical (unpaired) electrons. The number of benzene rings is 1. The molecule has 0 aliphatic carbocycles. The van der Waals surface area contributed by atoms with Crippen LogP contribution in [-0.4, -0.2) is 23.8 Å². The first-order valence-corrected chi connectivity index (χ1v) is 7.46. The molecule has 0 bridgehead atoms. The first-order valence-electron chi connectivity index (χ1n) is 7.46. The van der Waals surface area contributed by atoms with E-state index in [0.29, 0.717) is 12.5 Å². The van der Waals surface area contributed by atoms with E-state index in [0.717, 1.165) is 25.8 Å². The van der Waals surface area contributed by atoms with Gasteiger partial charge in [-0.05, 0) is 57.1 Å². The topological polar surface area (TPSA) is 23.5 Å². The molecule has 1 saturated heterocycles. The lowest BCUT2D eigenvalue weighted by atomic mass is 9.82. The predicted octanol–water partition coefficient (Wildman–Crippen LogP) is 3.54. The van der Waals surface area contributed by atoms with E-state index in [9.17, 15) is 5.11 Å². The molecule has 106 valence electrons. The second-order valence-electron chi connectivity index (χ2n) is 6.44. The van der Waals surface area contributed by atoms with Crippen molar-refractivity contribution >= 4 is 5.69 Å². The number of rotatable bonds is 3. The molecule has 0 aromatic heterocycles. The van der Waals surface area contributed by atoms with Gasteiger partial charge in [0, 0.05) is 24.4 Å². The Morgan fingerprint density at radius 3 is 2.68 bits per heavy atom. The fourth-order valence-electron chi connectivity index (χ4n) is 3.49. The average Bonchev–Trinajstić information content (AvgIpc) is 2.38. The molecule has 1 fully saturated rings. The van der Waals surface area contributed by atoms with Crippen LogP contribution in [0, 0.1) is 12.8 Å². The van der Waals surface area contributed by atoms with Crippen molar-refractivity contribution in [2.45, 2.75) is 52.5 Å². The van der Waals surface area contributed by atoms with Gasteiger partial charge in [0.25, 0.3) is 0 Å². The standard InChI is InChI=1S/C17H27NO/c1-5-15-8-6-7-13(2)16(15)18-10-9-14(12-19)11-17(18,3)4/h6-8,14,19H,5,9-12H2,1-4H3. The Balaban J connectivity index is 2.36. The van der Waals surface area contributed by atoms with Gasteiger partial charge in [-0.1, -0.05) is 25.1 Å². The third-order valence-electron chi connectivity index (χ3n) is 4.51. The fourth-order valence-corrected chi connectivity index (χ4v) is 3.49. The van der Waals surface area contributed by atoms with E-state index in [4.69, 9.17) is 0 Å². The minimum atomic E-state index is 0.127. The van der Waals surface area contributed by atoms with Crippen molar-refractivity contribution in [1.82, 2.24) is 0 Å². The van der Waals surface area contributed by atoms with Crippen molar-refractivity contribution in [1.29, 1.82) is 0 Å². The summed E-state index contributed by atoms with van der Waals surface area (Å²) in [6.45, 7) is 10.4. The number of aliphatic hydroxyl groups is 1. The number of nitrogens with zero attached hydrogens (tertiary/aromatic N) is 1. The van der Waals surface area contributed by atoms with Crippen molar-refractivity contribution in [3.63, 3.8) is 0 Å². The molecule has 1 unspecified atom stereocenters. The van der Waals surface area contributed by atoms with Gasteiger partial charge in [-0.15, -0.1) is 0 Å². The first-order chi connectivity index (χ1) is 8.99. The summed E-state index contributed by atoms with van der Waals surface area (Å²) in [7, 11) is 0. The van der Waals surface area contributed by atoms with Crippen molar-refractivity contribution in [2.24, 2.45) is 5.92 Å². The Kier molecular flexibility index (Phi) is 4.19. The van der Waals surface area contributed by atoms with E-state index in [1.54, 1.807) is 0 Å². The summed E-state index contributed by atoms with van der Waals surface area (Å²) in [5.41, 5.74) is 4.36. The predicted molar refractivity (Wildman–Crippen MR) is 81.8 cm³/mol. The van der Waals surface area contributed by atoms with Crippen LogP contribution in [-0.2, 0) is 6.42 Å². The third kappa shape index (κ3) is 2.79. The molecule has 1 aliphatic heterocycles. The molecule has 2 rings (SSSR count). The summed E-state index contributed by atoms with van der Waals surface area (Å²) in [6.07, 6.45) is 3.24. The Morgan fingerprint density at radius 2 is 2.11 bits per heavy atom. The number of anilines is 1. The van der Waals surface area contributed by atoms with Crippen LogP contribution in [0.4, 0.5) is 5.69 Å². The van der Waals surface area contributed by atoms with E-state index in [1.807, 2.05) is 0 Å². The highest BCUT2D eigenvalue weighted by molar-refractivity contribution is 5.61. The second-order valence-corrected chi connectivity index (χ2v) is 6.44. The molecule has 1 heterocycles. The Morgan fingerprint density at radius 1 is 1.37 bits per heavy atom. The second kappa shape index (κ2) is 5.54. The van der Waals surface area contributed by atoms with Crippen LogP contribution in [0.25, 0.3) is 0 Å². The maximum Gasteiger partial charge on any atom is 0.0460 e. The lowest BCUT2D eigenvalue weighted by Gasteiger charge is -2.48. The summed E-state index contributed by atoms with van der Waals surface area (Å²) >= 11 is 0. The Bertz CT molecular complexity index is 439. The maximum absolute atomic E-state index is 9.42. The lowest BCUT2D eigenvalue weighted by molar-refractivity contribution is 0.165. The fraction of sp³-hybridized carbons (Fsp3) is 0.647. The molecule has 0 spiro atoms. The highest BCUT2D eigenvalue weighted by Crippen LogP contribution is 2.38. The van der Waals surface area contributed by atoms with Gasteiger partial charge in [-0.2, -0.15) is 0 Å². The van der Waals surface area contributed by atoms with Gasteiger partial charge < -0.3 is 10.0 Å². The smallest absolute Gasteiger partial charge is 0.0460 e. The summed E-state index contributed by atoms with van der Waals surface area (Å²) in [4.78, 5) is 2.56. The third-order valence-corrected chi connectivity index (χ3v) is 4.51. The molecule has 1 aromatic carbocycles. The van der Waals surface area contributed by atoms with Crippen molar-refractivity contribution in [2.75, 3.05) is 18.1 Å². The number of hydrogen-bond donors (Lipinski definition) is 1. The molecule has 2 nitrogen and oxygen atoms in total. The van der Waals surface area contributed by atoms with Crippen molar-refractivity contribution in [3.05, 3.63) is 29.3 Å². The molecule has 1 aliphatic rings. The van der Waals surface area contributed by atoms with E-state index >= 15 is 0 Å². The minimum absolute atomic E-state index is 0.127. The van der Waals surface area contributed by atoms with Gasteiger partial charge >= 0.3 is 0 Å². The zero-order chi connectivity index (χ0) is 14.0. The normalized spacial score (nSPS) is 22.6. The van der Waals surface area contributed by atoms with Crippen LogP contribution in [0.2, 0.25) is 0 Å². The zero-order valence-electron chi connectivity index (χ0n) is 12.7. The molecule has 1 aromatic rings. The van der Waals surface area contributed by atoms with Crippen LogP contribution in [0.15, 0.2) is 18.2 Å². The molecule has 0 amide bonds. The SMILES string of the molecule is CCc1cccc(C)c1N1CCC(CO)CC1(C)C. The summed E-state index contributed by atoms with van der Waals surface area (Å²) in [5, 5.41) is 9.42. The largest absolute Gasteiger partial charge is 0.396 e. The van der Waals surface area contributed by atoms with Crippen LogP contribution >= 0.6 is 0 Å². The molecule has 1 N–H and O–H groups in total. The van der Waals surface area contributed by atoms with Crippen molar-refractivity contribution in [3.8, 4) is 0 Å². The minimum Gasteiger partial charge on any atom is -0.396 e. The Hall–Kier alpha value is -1.02. The van der Waals surface area contributed by atoms with E-state index in [-0.39, 0.29) is 5.54 Å².